The molecule has 0 aliphatic carbocycles. The second-order valence-electron chi connectivity index (χ2n) is 6.04. The van der Waals surface area contributed by atoms with Crippen LogP contribution in [0.25, 0.3) is 22.8 Å². The molecule has 0 N–H and O–H groups in total. The number of hydrogen-bond donors (Lipinski definition) is 0. The maximum Gasteiger partial charge on any atom is 0.258 e. The summed E-state index contributed by atoms with van der Waals surface area (Å²) < 4.78 is 11.2. The van der Waals surface area contributed by atoms with Crippen LogP contribution in [-0.2, 0) is 6.61 Å². The van der Waals surface area contributed by atoms with Gasteiger partial charge in [-0.15, -0.1) is 0 Å². The molecule has 128 valence electrons. The zero-order chi connectivity index (χ0) is 17.8. The summed E-state index contributed by atoms with van der Waals surface area (Å²) in [4.78, 5) is 4.52. The number of aromatic nitrogens is 2. The minimum atomic E-state index is 0.530. The van der Waals surface area contributed by atoms with E-state index >= 15 is 0 Å². The summed E-state index contributed by atoms with van der Waals surface area (Å²) in [7, 11) is 0. The number of rotatable bonds is 5. The standard InChI is InChI=1S/C22H18N2O2/c1-16-7-5-6-10-20(16)22-23-21(24-26-22)18-11-13-19(14-12-18)25-15-17-8-3-2-4-9-17/h2-14H,15H2,1H3. The molecule has 26 heavy (non-hydrogen) atoms. The van der Waals surface area contributed by atoms with Crippen LogP contribution >= 0.6 is 0 Å². The summed E-state index contributed by atoms with van der Waals surface area (Å²) in [5, 5.41) is 4.10. The third-order valence-corrected chi connectivity index (χ3v) is 4.16. The van der Waals surface area contributed by atoms with Gasteiger partial charge in [0, 0.05) is 11.1 Å². The Hall–Kier alpha value is -3.40. The smallest absolute Gasteiger partial charge is 0.258 e. The first-order chi connectivity index (χ1) is 12.8. The number of nitrogens with zero attached hydrogens (tertiary/aromatic N) is 2. The lowest BCUT2D eigenvalue weighted by molar-refractivity contribution is 0.306. The molecule has 1 heterocycles. The summed E-state index contributed by atoms with van der Waals surface area (Å²) >= 11 is 0. The molecular weight excluding hydrogens is 324 g/mol. The van der Waals surface area contributed by atoms with Gasteiger partial charge in [-0.25, -0.2) is 0 Å². The summed E-state index contributed by atoms with van der Waals surface area (Å²) in [5.74, 6) is 1.90. The Morgan fingerprint density at radius 1 is 0.846 bits per heavy atom. The fourth-order valence-electron chi connectivity index (χ4n) is 2.70. The molecule has 0 amide bonds. The van der Waals surface area contributed by atoms with Crippen LogP contribution in [-0.4, -0.2) is 10.1 Å². The molecule has 3 aromatic carbocycles. The third-order valence-electron chi connectivity index (χ3n) is 4.16. The van der Waals surface area contributed by atoms with E-state index in [0.717, 1.165) is 28.0 Å². The SMILES string of the molecule is Cc1ccccc1-c1nc(-c2ccc(OCc3ccccc3)cc2)no1. The van der Waals surface area contributed by atoms with Crippen LogP contribution in [0, 0.1) is 6.92 Å². The molecule has 1 aromatic heterocycles. The normalized spacial score (nSPS) is 10.7. The highest BCUT2D eigenvalue weighted by Gasteiger charge is 2.12. The highest BCUT2D eigenvalue weighted by molar-refractivity contribution is 5.62. The zero-order valence-electron chi connectivity index (χ0n) is 14.4. The summed E-state index contributed by atoms with van der Waals surface area (Å²) in [6.45, 7) is 2.57. The van der Waals surface area contributed by atoms with Gasteiger partial charge in [0.15, 0.2) is 0 Å². The molecule has 4 heteroatoms. The summed E-state index contributed by atoms with van der Waals surface area (Å²) in [6.07, 6.45) is 0. The first-order valence-corrected chi connectivity index (χ1v) is 8.46. The van der Waals surface area contributed by atoms with Gasteiger partial charge in [-0.3, -0.25) is 0 Å². The third kappa shape index (κ3) is 3.49. The number of benzene rings is 3. The fourth-order valence-corrected chi connectivity index (χ4v) is 2.70. The summed E-state index contributed by atoms with van der Waals surface area (Å²) in [5.41, 5.74) is 4.08. The second kappa shape index (κ2) is 7.23. The van der Waals surface area contributed by atoms with Gasteiger partial charge in [0.1, 0.15) is 12.4 Å². The predicted molar refractivity (Wildman–Crippen MR) is 101 cm³/mol. The van der Waals surface area contributed by atoms with Crippen molar-refractivity contribution in [2.24, 2.45) is 0 Å². The fraction of sp³-hybridized carbons (Fsp3) is 0.0909. The van der Waals surface area contributed by atoms with Gasteiger partial charge in [0.25, 0.3) is 5.89 Å². The van der Waals surface area contributed by atoms with Crippen molar-refractivity contribution in [3.05, 3.63) is 90.0 Å². The van der Waals surface area contributed by atoms with Gasteiger partial charge >= 0.3 is 0 Å². The van der Waals surface area contributed by atoms with E-state index in [2.05, 4.69) is 10.1 Å². The zero-order valence-corrected chi connectivity index (χ0v) is 14.4. The quantitative estimate of drug-likeness (QED) is 0.494. The van der Waals surface area contributed by atoms with Gasteiger partial charge in [-0.05, 0) is 48.4 Å². The molecule has 4 nitrogen and oxygen atoms in total. The molecule has 4 rings (SSSR count). The first kappa shape index (κ1) is 16.1. The Labute approximate surface area is 152 Å². The molecule has 0 radical (unpaired) electrons. The van der Waals surface area contributed by atoms with Crippen LogP contribution < -0.4 is 4.74 Å². The van der Waals surface area contributed by atoms with Crippen LogP contribution in [0.5, 0.6) is 5.75 Å². The minimum absolute atomic E-state index is 0.530. The van der Waals surface area contributed by atoms with Crippen LogP contribution in [0.15, 0.2) is 83.4 Å². The van der Waals surface area contributed by atoms with Gasteiger partial charge < -0.3 is 9.26 Å². The number of hydrogen-bond acceptors (Lipinski definition) is 4. The predicted octanol–water partition coefficient (Wildman–Crippen LogP) is 5.29. The molecule has 0 aliphatic heterocycles. The van der Waals surface area contributed by atoms with Crippen LogP contribution in [0.2, 0.25) is 0 Å². The van der Waals surface area contributed by atoms with Gasteiger partial charge in [-0.2, -0.15) is 4.98 Å². The van der Waals surface area contributed by atoms with Gasteiger partial charge in [0.2, 0.25) is 5.82 Å². The monoisotopic (exact) mass is 342 g/mol. The average molecular weight is 342 g/mol. The van der Waals surface area contributed by atoms with Crippen LogP contribution in [0.3, 0.4) is 0 Å². The Morgan fingerprint density at radius 2 is 1.58 bits per heavy atom. The van der Waals surface area contributed by atoms with Gasteiger partial charge in [-0.1, -0.05) is 53.7 Å². The number of ether oxygens (including phenoxy) is 1. The largest absolute Gasteiger partial charge is 0.489 e. The average Bonchev–Trinajstić information content (AvgIpc) is 3.18. The highest BCUT2D eigenvalue weighted by atomic mass is 16.5. The molecule has 4 aromatic rings. The maximum absolute atomic E-state index is 5.81. The van der Waals surface area contributed by atoms with Crippen molar-refractivity contribution in [1.82, 2.24) is 10.1 Å². The molecule has 0 unspecified atom stereocenters. The lowest BCUT2D eigenvalue weighted by atomic mass is 10.1. The van der Waals surface area contributed by atoms with Crippen molar-refractivity contribution in [2.75, 3.05) is 0 Å². The molecule has 0 fully saturated rings. The van der Waals surface area contributed by atoms with Gasteiger partial charge in [0.05, 0.1) is 0 Å². The summed E-state index contributed by atoms with van der Waals surface area (Å²) in [6, 6.07) is 25.8. The van der Waals surface area contributed by atoms with E-state index in [1.807, 2.05) is 85.8 Å². The molecule has 0 saturated carbocycles. The molecule has 0 saturated heterocycles. The Kier molecular flexibility index (Phi) is 4.48. The van der Waals surface area contributed by atoms with Crippen molar-refractivity contribution < 1.29 is 9.26 Å². The molecule has 0 atom stereocenters. The van der Waals surface area contributed by atoms with E-state index in [0.29, 0.717) is 18.3 Å². The van der Waals surface area contributed by atoms with Crippen LogP contribution in [0.1, 0.15) is 11.1 Å². The Balaban J connectivity index is 1.48. The van der Waals surface area contributed by atoms with E-state index in [-0.39, 0.29) is 0 Å². The Morgan fingerprint density at radius 3 is 2.35 bits per heavy atom. The van der Waals surface area contributed by atoms with Crippen molar-refractivity contribution in [1.29, 1.82) is 0 Å². The first-order valence-electron chi connectivity index (χ1n) is 8.46. The highest BCUT2D eigenvalue weighted by Crippen LogP contribution is 2.25. The van der Waals surface area contributed by atoms with Crippen molar-refractivity contribution in [2.45, 2.75) is 13.5 Å². The van der Waals surface area contributed by atoms with E-state index in [1.165, 1.54) is 0 Å². The van der Waals surface area contributed by atoms with Crippen molar-refractivity contribution >= 4 is 0 Å². The lowest BCUT2D eigenvalue weighted by Gasteiger charge is -2.06. The molecule has 0 aliphatic rings. The van der Waals surface area contributed by atoms with E-state index in [4.69, 9.17) is 9.26 Å². The number of aryl methyl sites for hydroxylation is 1. The Bertz CT molecular complexity index is 992. The second-order valence-corrected chi connectivity index (χ2v) is 6.04. The van der Waals surface area contributed by atoms with E-state index in [9.17, 15) is 0 Å². The van der Waals surface area contributed by atoms with E-state index in [1.54, 1.807) is 0 Å². The lowest BCUT2D eigenvalue weighted by Crippen LogP contribution is -1.94. The topological polar surface area (TPSA) is 48.2 Å². The molecule has 0 spiro atoms. The maximum atomic E-state index is 5.81. The molecule has 0 bridgehead atoms. The van der Waals surface area contributed by atoms with E-state index < -0.39 is 0 Å². The van der Waals surface area contributed by atoms with Crippen LogP contribution in [0.4, 0.5) is 0 Å². The minimum Gasteiger partial charge on any atom is -0.489 e. The molecular formula is C22H18N2O2. The van der Waals surface area contributed by atoms with Crippen molar-refractivity contribution in [3.63, 3.8) is 0 Å². The van der Waals surface area contributed by atoms with Crippen molar-refractivity contribution in [3.8, 4) is 28.6 Å².